The van der Waals surface area contributed by atoms with Crippen molar-refractivity contribution >= 4 is 23.9 Å². The molecule has 5 N–H and O–H groups in total. The second kappa shape index (κ2) is 9.89. The van der Waals surface area contributed by atoms with E-state index in [1.807, 2.05) is 12.1 Å². The summed E-state index contributed by atoms with van der Waals surface area (Å²) in [6.07, 6.45) is -0.768. The topological polar surface area (TPSA) is 194 Å². The number of likely N-dealkylation sites (N-methyl/N-ethyl adjacent to an activating group) is 1. The smallest absolute Gasteiger partial charge is 0.336 e. The molecule has 3 fully saturated rings. The molecular formula is C24H30N2O11. The van der Waals surface area contributed by atoms with Crippen LogP contribution in [-0.2, 0) is 30.3 Å². The molecule has 0 spiro atoms. The van der Waals surface area contributed by atoms with Crippen LogP contribution in [0.1, 0.15) is 36.4 Å². The van der Waals surface area contributed by atoms with Crippen LogP contribution < -0.4 is 4.74 Å². The summed E-state index contributed by atoms with van der Waals surface area (Å²) in [6.45, 7) is 0.656. The Hall–Kier alpha value is -3.26. The van der Waals surface area contributed by atoms with Crippen LogP contribution in [0.5, 0.6) is 5.75 Å². The Kier molecular flexibility index (Phi) is 7.16. The maximum absolute atomic E-state index is 11.8. The molecule has 6 atom stereocenters. The minimum Gasteiger partial charge on any atom is -0.496 e. The van der Waals surface area contributed by atoms with Crippen LogP contribution in [0.2, 0.25) is 0 Å². The number of carboxylic acids is 4. The number of carboxylic acid groups (broad SMARTS) is 4. The molecule has 13 heteroatoms. The fraction of sp³-hybridized carbons (Fsp3) is 0.583. The molecule has 0 aromatic heterocycles. The summed E-state index contributed by atoms with van der Waals surface area (Å²) < 4.78 is 11.8. The Morgan fingerprint density at radius 1 is 1.08 bits per heavy atom. The van der Waals surface area contributed by atoms with E-state index in [4.69, 9.17) is 29.9 Å². The Balaban J connectivity index is 0.000000212. The van der Waals surface area contributed by atoms with Gasteiger partial charge in [0.05, 0.1) is 44.6 Å². The zero-order valence-electron chi connectivity index (χ0n) is 20.3. The highest BCUT2D eigenvalue weighted by Crippen LogP contribution is 2.52. The van der Waals surface area contributed by atoms with E-state index in [2.05, 4.69) is 22.9 Å². The number of aliphatic hydroxyl groups is 1. The highest BCUT2D eigenvalue weighted by atomic mass is 16.5. The number of ether oxygens (including phenoxy) is 2. The quantitative estimate of drug-likeness (QED) is 0.318. The Labute approximate surface area is 211 Å². The Morgan fingerprint density at radius 2 is 1.73 bits per heavy atom. The summed E-state index contributed by atoms with van der Waals surface area (Å²) in [5.41, 5.74) is -0.236. The highest BCUT2D eigenvalue weighted by Gasteiger charge is 2.62. The van der Waals surface area contributed by atoms with Gasteiger partial charge < -0.3 is 35.0 Å². The van der Waals surface area contributed by atoms with E-state index in [0.29, 0.717) is 13.0 Å². The van der Waals surface area contributed by atoms with E-state index >= 15 is 0 Å². The van der Waals surface area contributed by atoms with Gasteiger partial charge >= 0.3 is 23.9 Å². The SMILES string of the molecule is COc1cccc2c1[C@@H]1CO[C@@H]3[C@H]4C[C@@H](C(=O)O)[C@@H]([C@H](C2)N31)N4C.O=C(O)CC(O)(CC(=O)O)C(=O)O. The van der Waals surface area contributed by atoms with Crippen molar-refractivity contribution in [3.8, 4) is 5.75 Å². The van der Waals surface area contributed by atoms with Gasteiger partial charge in [-0.25, -0.2) is 4.79 Å². The van der Waals surface area contributed by atoms with Crippen LogP contribution in [0.3, 0.4) is 0 Å². The number of hydrogen-bond donors (Lipinski definition) is 5. The third-order valence-corrected chi connectivity index (χ3v) is 7.83. The lowest BCUT2D eigenvalue weighted by molar-refractivity contribution is -0.170. The van der Waals surface area contributed by atoms with Gasteiger partial charge in [-0.05, 0) is 31.5 Å². The average Bonchev–Trinajstić information content (AvgIpc) is 3.34. The minimum absolute atomic E-state index is 0.0105. The van der Waals surface area contributed by atoms with Crippen molar-refractivity contribution in [3.05, 3.63) is 29.3 Å². The zero-order chi connectivity index (χ0) is 27.2. The predicted molar refractivity (Wildman–Crippen MR) is 123 cm³/mol. The molecule has 2 bridgehead atoms. The van der Waals surface area contributed by atoms with Gasteiger partial charge in [-0.3, -0.25) is 24.2 Å². The van der Waals surface area contributed by atoms with Gasteiger partial charge in [0, 0.05) is 17.6 Å². The lowest BCUT2D eigenvalue weighted by Gasteiger charge is -2.51. The number of fused-ring (bicyclic) bond motifs is 6. The Bertz CT molecular complexity index is 1090. The third kappa shape index (κ3) is 4.63. The second-order valence-corrected chi connectivity index (χ2v) is 9.87. The maximum Gasteiger partial charge on any atom is 0.336 e. The summed E-state index contributed by atoms with van der Waals surface area (Å²) >= 11 is 0. The highest BCUT2D eigenvalue weighted by molar-refractivity contribution is 5.88. The van der Waals surface area contributed by atoms with Crippen LogP contribution in [-0.4, -0.2) is 110 Å². The maximum atomic E-state index is 11.8. The first kappa shape index (κ1) is 26.8. The van der Waals surface area contributed by atoms with Crippen molar-refractivity contribution in [3.63, 3.8) is 0 Å². The van der Waals surface area contributed by atoms with Gasteiger partial charge in [0.25, 0.3) is 0 Å². The fourth-order valence-electron chi connectivity index (χ4n) is 6.34. The van der Waals surface area contributed by atoms with Crippen LogP contribution in [0, 0.1) is 5.92 Å². The number of methoxy groups -OCH3 is 1. The molecule has 0 amide bonds. The molecule has 0 aliphatic carbocycles. The number of hydrogen-bond acceptors (Lipinski definition) is 9. The van der Waals surface area contributed by atoms with Gasteiger partial charge in [-0.1, -0.05) is 12.1 Å². The lowest BCUT2D eigenvalue weighted by atomic mass is 9.82. The van der Waals surface area contributed by atoms with E-state index in [1.54, 1.807) is 7.11 Å². The first-order chi connectivity index (χ1) is 17.4. The molecule has 4 aliphatic heterocycles. The molecule has 5 rings (SSSR count). The molecular weight excluding hydrogens is 492 g/mol. The van der Waals surface area contributed by atoms with Gasteiger partial charge in [-0.2, -0.15) is 0 Å². The standard InChI is InChI=1S/C18H22N2O4.C6H8O7/c1-19-12-7-10(18(21)22)16(19)11-6-9-4-3-5-14(23-2)15(9)13-8-24-17(12)20(11)13;7-3(8)1-6(13,5(11)12)2-4(9)10/h3-5,10-13,16-17H,6-8H2,1-2H3,(H,21,22);13H,1-2H2,(H,7,8)(H,9,10)(H,11,12)/t10-,11+,12-,13+,16+,17-;/m1./s1. The van der Waals surface area contributed by atoms with E-state index in [9.17, 15) is 24.3 Å². The third-order valence-electron chi connectivity index (χ3n) is 7.83. The van der Waals surface area contributed by atoms with E-state index in [0.717, 1.165) is 12.2 Å². The number of carbonyl (C=O) groups is 4. The molecule has 13 nitrogen and oxygen atoms in total. The fourth-order valence-corrected chi connectivity index (χ4v) is 6.34. The molecule has 37 heavy (non-hydrogen) atoms. The number of rotatable bonds is 7. The first-order valence-electron chi connectivity index (χ1n) is 11.8. The molecule has 1 aromatic carbocycles. The van der Waals surface area contributed by atoms with E-state index in [-0.39, 0.29) is 36.3 Å². The summed E-state index contributed by atoms with van der Waals surface area (Å²) in [7, 11) is 3.77. The van der Waals surface area contributed by atoms with Crippen molar-refractivity contribution in [1.82, 2.24) is 9.80 Å². The van der Waals surface area contributed by atoms with Gasteiger partial charge in [0.1, 0.15) is 12.0 Å². The number of aliphatic carboxylic acids is 4. The van der Waals surface area contributed by atoms with Crippen molar-refractivity contribution in [1.29, 1.82) is 0 Å². The molecule has 4 heterocycles. The van der Waals surface area contributed by atoms with E-state index in [1.165, 1.54) is 11.1 Å². The van der Waals surface area contributed by atoms with Gasteiger partial charge in [0.15, 0.2) is 5.60 Å². The minimum atomic E-state index is -2.74. The molecule has 1 aromatic rings. The first-order valence-corrected chi connectivity index (χ1v) is 11.8. The second-order valence-electron chi connectivity index (χ2n) is 9.87. The lowest BCUT2D eigenvalue weighted by Crippen LogP contribution is -2.64. The van der Waals surface area contributed by atoms with Crippen molar-refractivity contribution < 1.29 is 54.2 Å². The van der Waals surface area contributed by atoms with Gasteiger partial charge in [0.2, 0.25) is 0 Å². The number of piperazine rings is 1. The average molecular weight is 523 g/mol. The summed E-state index contributed by atoms with van der Waals surface area (Å²) in [6, 6.07) is 6.76. The number of benzene rings is 1. The molecule has 0 saturated carbocycles. The molecule has 0 radical (unpaired) electrons. The van der Waals surface area contributed by atoms with Crippen molar-refractivity contribution in [2.75, 3.05) is 20.8 Å². The Morgan fingerprint density at radius 3 is 2.27 bits per heavy atom. The summed E-state index contributed by atoms with van der Waals surface area (Å²) in [5, 5.41) is 43.5. The molecule has 4 aliphatic rings. The molecule has 3 saturated heterocycles. The summed E-state index contributed by atoms with van der Waals surface area (Å²) in [5.74, 6) is -5.09. The van der Waals surface area contributed by atoms with Crippen molar-refractivity contribution in [2.24, 2.45) is 5.92 Å². The van der Waals surface area contributed by atoms with Gasteiger partial charge in [-0.15, -0.1) is 0 Å². The largest absolute Gasteiger partial charge is 0.496 e. The van der Waals surface area contributed by atoms with Crippen LogP contribution in [0.15, 0.2) is 18.2 Å². The number of nitrogens with zero attached hydrogens (tertiary/aromatic N) is 2. The van der Waals surface area contributed by atoms with Crippen LogP contribution in [0.4, 0.5) is 0 Å². The van der Waals surface area contributed by atoms with Crippen molar-refractivity contribution in [2.45, 2.75) is 61.7 Å². The summed E-state index contributed by atoms with van der Waals surface area (Å²) in [4.78, 5) is 47.0. The zero-order valence-corrected chi connectivity index (χ0v) is 20.3. The molecule has 202 valence electrons. The van der Waals surface area contributed by atoms with E-state index < -0.39 is 42.3 Å². The normalized spacial score (nSPS) is 29.9. The van der Waals surface area contributed by atoms with Crippen LogP contribution in [0.25, 0.3) is 0 Å². The van der Waals surface area contributed by atoms with Crippen LogP contribution >= 0.6 is 0 Å². The predicted octanol–water partition coefficient (Wildman–Crippen LogP) is -0.142. The monoisotopic (exact) mass is 522 g/mol. The molecule has 0 unspecified atom stereocenters.